The summed E-state index contributed by atoms with van der Waals surface area (Å²) in [5, 5.41) is 0. The Morgan fingerprint density at radius 3 is 0.800 bits per heavy atom. The van der Waals surface area contributed by atoms with Gasteiger partial charge < -0.3 is 34.1 Å². The molecule has 0 saturated heterocycles. The van der Waals surface area contributed by atoms with Crippen LogP contribution in [0.3, 0.4) is 0 Å². The topological polar surface area (TPSA) is 0 Å². The zero-order valence-corrected chi connectivity index (χ0v) is 11.1. The molecular weight excluding hydrogens is 363 g/mol. The molecule has 0 amide bonds. The Hall–Kier alpha value is 2.96. The molecule has 0 bridgehead atoms. The van der Waals surface area contributed by atoms with Gasteiger partial charge in [0.25, 0.3) is 0 Å². The van der Waals surface area contributed by atoms with Crippen molar-refractivity contribution in [3.8, 4) is 0 Å². The van der Waals surface area contributed by atoms with E-state index >= 15 is 0 Å². The first kappa shape index (κ1) is 44.0. The summed E-state index contributed by atoms with van der Waals surface area (Å²) in [6.45, 7) is 0. The molecule has 0 aliphatic heterocycles. The maximum absolute atomic E-state index is 0. The van der Waals surface area contributed by atoms with Gasteiger partial charge in [0, 0.05) is 0 Å². The van der Waals surface area contributed by atoms with E-state index in [0.717, 1.165) is 0 Å². The largest absolute Gasteiger partial charge is 3.00 e. The van der Waals surface area contributed by atoms with E-state index in [1.165, 1.54) is 0 Å². The Kier molecular flexibility index (Phi) is 248. The van der Waals surface area contributed by atoms with Gasteiger partial charge in [0.15, 0.2) is 0 Å². The minimum absolute atomic E-state index is 0. The Morgan fingerprint density at radius 1 is 0.800 bits per heavy atom. The second-order valence-corrected chi connectivity index (χ2v) is 0. The second kappa shape index (κ2) is 28.2. The van der Waals surface area contributed by atoms with Gasteiger partial charge in [0.1, 0.15) is 0 Å². The van der Waals surface area contributed by atoms with Gasteiger partial charge in [-0.25, -0.2) is 0 Å². The fraction of sp³-hybridized carbons (Fsp3) is 0. The maximum Gasteiger partial charge on any atom is 3.00 e. The smallest absolute Gasteiger partial charge is 2.00 e. The predicted molar refractivity (Wildman–Crippen MR) is 23.0 cm³/mol. The van der Waals surface area contributed by atoms with Crippen LogP contribution in [0.4, 0.5) is 0 Å². The molecule has 0 aromatic rings. The molecule has 0 N–H and O–H groups in total. The minimum atomic E-state index is 0. The van der Waals surface area contributed by atoms with Crippen LogP contribution in [-0.4, -0.2) is 77.3 Å². The third-order valence-corrected chi connectivity index (χ3v) is 0. The molecule has 25 valence electrons. The molecule has 5 heavy (non-hydrogen) atoms. The Morgan fingerprint density at radius 2 is 0.800 bits per heavy atom. The molecule has 0 heterocycles. The fourth-order valence-corrected chi connectivity index (χ4v) is 0. The van der Waals surface area contributed by atoms with Gasteiger partial charge in [-0.3, -0.25) is 0 Å². The van der Waals surface area contributed by atoms with E-state index < -0.39 is 0 Å². The van der Waals surface area contributed by atoms with Gasteiger partial charge in [-0.2, -0.15) is 0 Å². The van der Waals surface area contributed by atoms with E-state index in [-0.39, 0.29) is 94.4 Å². The molecule has 0 spiro atoms. The Balaban J connectivity index is 0. The maximum atomic E-state index is 0. The van der Waals surface area contributed by atoms with Gasteiger partial charge in [0.05, 0.1) is 0 Å². The van der Waals surface area contributed by atoms with Crippen LogP contribution in [0, 0.1) is 0 Å². The first-order valence-corrected chi connectivity index (χ1v) is 0. The van der Waals surface area contributed by atoms with Crippen molar-refractivity contribution >= 4 is 77.3 Å². The number of rotatable bonds is 0. The van der Waals surface area contributed by atoms with Gasteiger partial charge in [-0.05, 0) is 0 Å². The molecule has 0 saturated carbocycles. The zero-order valence-electron chi connectivity index (χ0n) is 2.27. The van der Waals surface area contributed by atoms with Gasteiger partial charge >= 0.3 is 60.3 Å². The van der Waals surface area contributed by atoms with Crippen LogP contribution < -0.4 is 0 Å². The summed E-state index contributed by atoms with van der Waals surface area (Å²) in [7, 11) is 0. The average Bonchev–Trinajstić information content (AvgIpc) is 0. The molecule has 0 aliphatic carbocycles. The summed E-state index contributed by atoms with van der Waals surface area (Å²) >= 11 is 0. The summed E-state index contributed by atoms with van der Waals surface area (Å²) in [5.74, 6) is 0. The minimum Gasteiger partial charge on any atom is -2.00 e. The van der Waals surface area contributed by atoms with E-state index in [1.54, 1.807) is 0 Å². The van der Waals surface area contributed by atoms with Crippen molar-refractivity contribution in [2.45, 2.75) is 0 Å². The van der Waals surface area contributed by atoms with Crippen LogP contribution in [-0.2, 0) is 17.1 Å². The predicted octanol–water partition coefficient (Wildman–Crippen LogP) is -1.53. The van der Waals surface area contributed by atoms with Crippen LogP contribution >= 0.6 is 0 Å². The van der Waals surface area contributed by atoms with Gasteiger partial charge in [-0.1, -0.05) is 0 Å². The first-order chi connectivity index (χ1) is 0. The van der Waals surface area contributed by atoms with Gasteiger partial charge in [0.2, 0.25) is 0 Å². The van der Waals surface area contributed by atoms with E-state index in [4.69, 9.17) is 0 Å². The molecule has 0 atom stereocenters. The van der Waals surface area contributed by atoms with Crippen LogP contribution in [0.5, 0.6) is 0 Å². The van der Waals surface area contributed by atoms with Crippen LogP contribution in [0.2, 0.25) is 0 Å². The van der Waals surface area contributed by atoms with Crippen molar-refractivity contribution in [1.29, 1.82) is 0 Å². The summed E-state index contributed by atoms with van der Waals surface area (Å²) in [6, 6.07) is 0. The third-order valence-electron chi connectivity index (χ3n) is 0. The average molecular weight is 363 g/mol. The van der Waals surface area contributed by atoms with Gasteiger partial charge in [-0.15, -0.1) is 0 Å². The fourth-order valence-electron chi connectivity index (χ4n) is 0. The normalized spacial score (nSPS) is 0. The Labute approximate surface area is 92.9 Å². The molecule has 0 aromatic carbocycles. The molecule has 0 rings (SSSR count). The van der Waals surface area contributed by atoms with Crippen molar-refractivity contribution < 1.29 is 17.1 Å². The Bertz CT molecular complexity index is 9.61. The van der Waals surface area contributed by atoms with Crippen LogP contribution in [0.25, 0.3) is 0 Å². The molecule has 0 aliphatic rings. The molecule has 0 fully saturated rings. The van der Waals surface area contributed by atoms with Crippen molar-refractivity contribution in [1.82, 2.24) is 0 Å². The molecule has 5 heteroatoms. The van der Waals surface area contributed by atoms with Crippen LogP contribution in [0.1, 0.15) is 0 Å². The molecule has 0 aromatic heterocycles. The van der Waals surface area contributed by atoms with E-state index in [0.29, 0.717) is 0 Å². The van der Waals surface area contributed by atoms with E-state index in [9.17, 15) is 0 Å². The SMILES string of the molecule is [Al+3].[Cu+2].[In+3].[Se-2].[Se-2]. The molecule has 1 radical (unpaired) electrons. The standard InChI is InChI=1S/Al.Cu.In.2Se/q+3;+2;+3;2*-2. The summed E-state index contributed by atoms with van der Waals surface area (Å²) in [5.41, 5.74) is 0. The van der Waals surface area contributed by atoms with E-state index in [2.05, 4.69) is 0 Å². The zero-order chi connectivity index (χ0) is 0. The number of hydrogen-bond donors (Lipinski definition) is 0. The summed E-state index contributed by atoms with van der Waals surface area (Å²) in [6.07, 6.45) is 0. The molecular formula is AlCuInSe2+4. The van der Waals surface area contributed by atoms with Crippen LogP contribution in [0.15, 0.2) is 0 Å². The summed E-state index contributed by atoms with van der Waals surface area (Å²) < 4.78 is 0. The quantitative estimate of drug-likeness (QED) is 0.459. The van der Waals surface area contributed by atoms with Crippen molar-refractivity contribution in [2.75, 3.05) is 0 Å². The molecule has 0 nitrogen and oxygen atoms in total. The molecule has 0 unspecified atom stereocenters. The number of hydrogen-bond acceptors (Lipinski definition) is 0. The van der Waals surface area contributed by atoms with Crippen molar-refractivity contribution in [3.05, 3.63) is 0 Å². The first-order valence-electron chi connectivity index (χ1n) is 0. The monoisotopic (exact) mass is 365 g/mol. The second-order valence-electron chi connectivity index (χ2n) is 0. The third kappa shape index (κ3) is 19.5. The summed E-state index contributed by atoms with van der Waals surface area (Å²) in [4.78, 5) is 0. The van der Waals surface area contributed by atoms with Crippen molar-refractivity contribution in [3.63, 3.8) is 0 Å². The van der Waals surface area contributed by atoms with E-state index in [1.807, 2.05) is 0 Å². The van der Waals surface area contributed by atoms with Crippen molar-refractivity contribution in [2.24, 2.45) is 0 Å².